The zero-order chi connectivity index (χ0) is 23.8. The van der Waals surface area contributed by atoms with Crippen LogP contribution in [-0.2, 0) is 10.0 Å². The maximum Gasteiger partial charge on any atom is 0.253 e. The van der Waals surface area contributed by atoms with Crippen molar-refractivity contribution in [3.8, 4) is 11.1 Å². The highest BCUT2D eigenvalue weighted by Crippen LogP contribution is 2.42. The number of rotatable bonds is 5. The number of aliphatic hydroxyl groups is 1. The summed E-state index contributed by atoms with van der Waals surface area (Å²) in [4.78, 5) is 16.2. The molecular formula is C25H33N3O4S. The monoisotopic (exact) mass is 471 g/mol. The van der Waals surface area contributed by atoms with Gasteiger partial charge in [0.1, 0.15) is 0 Å². The topological polar surface area (TPSA) is 81.2 Å². The first kappa shape index (κ1) is 23.9. The molecule has 2 aliphatic rings. The first-order valence-corrected chi connectivity index (χ1v) is 13.3. The van der Waals surface area contributed by atoms with Crippen LogP contribution >= 0.6 is 0 Å². The summed E-state index contributed by atoms with van der Waals surface area (Å²) >= 11 is 0. The molecule has 2 heterocycles. The molecule has 0 saturated carbocycles. The number of hydrogen-bond acceptors (Lipinski definition) is 5. The number of carbonyl (C=O) groups excluding carboxylic acids is 1. The molecule has 1 N–H and O–H groups in total. The summed E-state index contributed by atoms with van der Waals surface area (Å²) in [7, 11) is 0.215. The normalized spacial score (nSPS) is 24.3. The van der Waals surface area contributed by atoms with E-state index >= 15 is 0 Å². The molecule has 2 saturated heterocycles. The lowest BCUT2D eigenvalue weighted by Gasteiger charge is -2.57. The highest BCUT2D eigenvalue weighted by Gasteiger charge is 2.49. The second-order valence-corrected chi connectivity index (χ2v) is 11.3. The van der Waals surface area contributed by atoms with E-state index in [1.165, 1.54) is 6.26 Å². The van der Waals surface area contributed by atoms with Crippen molar-refractivity contribution in [1.29, 1.82) is 0 Å². The van der Waals surface area contributed by atoms with Gasteiger partial charge in [-0.1, -0.05) is 36.4 Å². The van der Waals surface area contributed by atoms with Crippen LogP contribution in [0.3, 0.4) is 0 Å². The summed E-state index contributed by atoms with van der Waals surface area (Å²) in [5.41, 5.74) is 3.73. The van der Waals surface area contributed by atoms with Crippen LogP contribution in [0, 0.1) is 0 Å². The fourth-order valence-corrected chi connectivity index (χ4v) is 6.08. The van der Waals surface area contributed by atoms with Crippen LogP contribution in [-0.4, -0.2) is 92.2 Å². The molecule has 0 aromatic heterocycles. The lowest BCUT2D eigenvalue weighted by molar-refractivity contribution is -0.0553. The molecule has 4 rings (SSSR count). The van der Waals surface area contributed by atoms with E-state index in [4.69, 9.17) is 0 Å². The summed E-state index contributed by atoms with van der Waals surface area (Å²) < 4.78 is 26.1. The van der Waals surface area contributed by atoms with Crippen molar-refractivity contribution in [3.63, 3.8) is 0 Å². The number of fused-ring (bicyclic) bond motifs is 1. The standard InChI is InChI=1S/C25H33N3O4S/c1-26(2)25(30)21-8-6-7-20(15-21)18-9-11-19(12-10-18)24-22-16-27(33(3,31)32)13-4-5-14-28(22)23(24)17-29/h6-12,15,22-24,29H,4-5,13-14,16-17H2,1-3H3/t22-,23+,24+/m1/s1. The Kier molecular flexibility index (Phi) is 6.91. The van der Waals surface area contributed by atoms with Crippen LogP contribution in [0.2, 0.25) is 0 Å². The van der Waals surface area contributed by atoms with E-state index in [1.807, 2.05) is 36.4 Å². The number of carbonyl (C=O) groups is 1. The van der Waals surface area contributed by atoms with Crippen molar-refractivity contribution in [1.82, 2.24) is 14.1 Å². The molecule has 33 heavy (non-hydrogen) atoms. The van der Waals surface area contributed by atoms with Crippen molar-refractivity contribution < 1.29 is 18.3 Å². The lowest BCUT2D eigenvalue weighted by atomic mass is 9.74. The van der Waals surface area contributed by atoms with E-state index in [1.54, 1.807) is 23.3 Å². The van der Waals surface area contributed by atoms with E-state index in [-0.39, 0.29) is 30.5 Å². The smallest absolute Gasteiger partial charge is 0.253 e. The van der Waals surface area contributed by atoms with Crippen LogP contribution < -0.4 is 0 Å². The number of aliphatic hydroxyl groups excluding tert-OH is 1. The van der Waals surface area contributed by atoms with Gasteiger partial charge in [0.15, 0.2) is 0 Å². The van der Waals surface area contributed by atoms with Crippen molar-refractivity contribution in [2.45, 2.75) is 30.8 Å². The first-order chi connectivity index (χ1) is 15.7. The van der Waals surface area contributed by atoms with Crippen molar-refractivity contribution in [2.24, 2.45) is 0 Å². The average Bonchev–Trinajstić information content (AvgIpc) is 2.77. The van der Waals surface area contributed by atoms with Gasteiger partial charge in [0.2, 0.25) is 10.0 Å². The molecule has 0 spiro atoms. The summed E-state index contributed by atoms with van der Waals surface area (Å²) in [6.07, 6.45) is 3.04. The molecule has 178 valence electrons. The largest absolute Gasteiger partial charge is 0.395 e. The van der Waals surface area contributed by atoms with Crippen molar-refractivity contribution >= 4 is 15.9 Å². The van der Waals surface area contributed by atoms with Crippen LogP contribution in [0.1, 0.15) is 34.7 Å². The Bertz CT molecular complexity index is 1100. The molecule has 2 aromatic carbocycles. The average molecular weight is 472 g/mol. The Morgan fingerprint density at radius 2 is 1.76 bits per heavy atom. The molecule has 0 radical (unpaired) electrons. The second kappa shape index (κ2) is 9.54. The highest BCUT2D eigenvalue weighted by atomic mass is 32.2. The fraction of sp³-hybridized carbons (Fsp3) is 0.480. The lowest BCUT2D eigenvalue weighted by Crippen LogP contribution is -2.67. The zero-order valence-corrected chi connectivity index (χ0v) is 20.3. The van der Waals surface area contributed by atoms with E-state index in [2.05, 4.69) is 17.0 Å². The quantitative estimate of drug-likeness (QED) is 0.723. The minimum Gasteiger partial charge on any atom is -0.395 e. The number of hydrogen-bond donors (Lipinski definition) is 1. The maximum absolute atomic E-state index is 12.3. The van der Waals surface area contributed by atoms with Gasteiger partial charge in [-0.2, -0.15) is 0 Å². The number of benzene rings is 2. The van der Waals surface area contributed by atoms with Gasteiger partial charge in [-0.25, -0.2) is 12.7 Å². The minimum atomic E-state index is -3.26. The Hall–Kier alpha value is -2.26. The predicted octanol–water partition coefficient (Wildman–Crippen LogP) is 2.24. The number of nitrogens with zero attached hydrogens (tertiary/aromatic N) is 3. The molecule has 7 nitrogen and oxygen atoms in total. The van der Waals surface area contributed by atoms with Gasteiger partial charge in [0, 0.05) is 50.7 Å². The van der Waals surface area contributed by atoms with Gasteiger partial charge in [-0.3, -0.25) is 9.69 Å². The Labute approximate surface area is 196 Å². The predicted molar refractivity (Wildman–Crippen MR) is 130 cm³/mol. The maximum atomic E-state index is 12.3. The zero-order valence-electron chi connectivity index (χ0n) is 19.5. The van der Waals surface area contributed by atoms with E-state index in [0.717, 1.165) is 36.1 Å². The van der Waals surface area contributed by atoms with Crippen LogP contribution in [0.15, 0.2) is 48.5 Å². The summed E-state index contributed by atoms with van der Waals surface area (Å²) in [6.45, 7) is 1.95. The summed E-state index contributed by atoms with van der Waals surface area (Å²) in [5.74, 6) is 0.0431. The molecule has 0 unspecified atom stereocenters. The summed E-state index contributed by atoms with van der Waals surface area (Å²) in [6, 6.07) is 15.9. The van der Waals surface area contributed by atoms with Crippen molar-refractivity contribution in [3.05, 3.63) is 59.7 Å². The molecular weight excluding hydrogens is 438 g/mol. The van der Waals surface area contributed by atoms with Gasteiger partial charge < -0.3 is 10.0 Å². The third kappa shape index (κ3) is 4.84. The first-order valence-electron chi connectivity index (χ1n) is 11.4. The van der Waals surface area contributed by atoms with Gasteiger partial charge in [-0.05, 0) is 48.2 Å². The molecule has 2 aromatic rings. The molecule has 0 aliphatic carbocycles. The summed E-state index contributed by atoms with van der Waals surface area (Å²) in [5, 5.41) is 10.1. The third-order valence-corrected chi connectivity index (χ3v) is 8.22. The molecule has 0 bridgehead atoms. The van der Waals surface area contributed by atoms with Gasteiger partial charge in [0.05, 0.1) is 12.9 Å². The molecule has 1 amide bonds. The molecule has 2 fully saturated rings. The van der Waals surface area contributed by atoms with Gasteiger partial charge in [-0.15, -0.1) is 0 Å². The Morgan fingerprint density at radius 1 is 1.06 bits per heavy atom. The number of sulfonamides is 1. The van der Waals surface area contributed by atoms with E-state index < -0.39 is 10.0 Å². The Balaban J connectivity index is 1.59. The van der Waals surface area contributed by atoms with Crippen LogP contribution in [0.5, 0.6) is 0 Å². The van der Waals surface area contributed by atoms with Gasteiger partial charge >= 0.3 is 0 Å². The highest BCUT2D eigenvalue weighted by molar-refractivity contribution is 7.88. The van der Waals surface area contributed by atoms with Crippen LogP contribution in [0.25, 0.3) is 11.1 Å². The SMILES string of the molecule is CN(C)C(=O)c1cccc(-c2ccc([C@H]3[C@H]4CN(S(C)(=O)=O)CCCCN4[C@H]3CO)cc2)c1. The molecule has 2 aliphatic heterocycles. The fourth-order valence-electron chi connectivity index (χ4n) is 5.20. The second-order valence-electron chi connectivity index (χ2n) is 9.31. The third-order valence-electron chi connectivity index (χ3n) is 6.95. The Morgan fingerprint density at radius 3 is 2.39 bits per heavy atom. The molecule has 3 atom stereocenters. The minimum absolute atomic E-state index is 0.00130. The number of amides is 1. The van der Waals surface area contributed by atoms with Gasteiger partial charge in [0.25, 0.3) is 5.91 Å². The van der Waals surface area contributed by atoms with E-state index in [0.29, 0.717) is 18.7 Å². The van der Waals surface area contributed by atoms with Crippen molar-refractivity contribution in [2.75, 3.05) is 46.6 Å². The molecule has 8 heteroatoms. The van der Waals surface area contributed by atoms with Crippen LogP contribution in [0.4, 0.5) is 0 Å². The van der Waals surface area contributed by atoms with E-state index in [9.17, 15) is 18.3 Å².